The lowest BCUT2D eigenvalue weighted by Gasteiger charge is -2.03. The van der Waals surface area contributed by atoms with E-state index in [0.29, 0.717) is 6.79 Å². The largest absolute Gasteiger partial charge is 0.454 e. The molecule has 20 heavy (non-hydrogen) atoms. The number of hydrogen-bond donors (Lipinski definition) is 0. The molecule has 3 aromatic rings. The zero-order valence-electron chi connectivity index (χ0n) is 10.7. The number of rotatable bonds is 3. The average molecular weight is 284 g/mol. The second kappa shape index (κ2) is 4.68. The van der Waals surface area contributed by atoms with Crippen molar-refractivity contribution in [2.45, 2.75) is 6.54 Å². The maximum absolute atomic E-state index is 5.40. The molecule has 0 N–H and O–H groups in total. The van der Waals surface area contributed by atoms with Crippen molar-refractivity contribution in [3.63, 3.8) is 0 Å². The Bertz CT molecular complexity index is 734. The van der Waals surface area contributed by atoms with E-state index in [4.69, 9.17) is 9.47 Å². The van der Waals surface area contributed by atoms with E-state index in [0.717, 1.165) is 23.7 Å². The number of nitrogens with zero attached hydrogens (tertiary/aromatic N) is 2. The van der Waals surface area contributed by atoms with Gasteiger partial charge in [0, 0.05) is 23.7 Å². The van der Waals surface area contributed by atoms with Gasteiger partial charge in [-0.3, -0.25) is 0 Å². The third-order valence-corrected chi connectivity index (χ3v) is 3.94. The first kappa shape index (κ1) is 11.5. The molecule has 1 aromatic carbocycles. The fourth-order valence-electron chi connectivity index (χ4n) is 2.26. The fourth-order valence-corrected chi connectivity index (χ4v) is 2.91. The van der Waals surface area contributed by atoms with Crippen LogP contribution in [-0.2, 0) is 6.54 Å². The summed E-state index contributed by atoms with van der Waals surface area (Å²) in [6, 6.07) is 8.11. The van der Waals surface area contributed by atoms with Gasteiger partial charge in [-0.15, -0.1) is 0 Å². The Morgan fingerprint density at radius 3 is 3.05 bits per heavy atom. The predicted octanol–water partition coefficient (Wildman–Crippen LogP) is 3.39. The Hall–Kier alpha value is -2.27. The minimum absolute atomic E-state index is 0.312. The zero-order valence-corrected chi connectivity index (χ0v) is 11.5. The van der Waals surface area contributed by atoms with Crippen LogP contribution in [0.5, 0.6) is 11.5 Å². The highest BCUT2D eigenvalue weighted by Crippen LogP contribution is 2.32. The van der Waals surface area contributed by atoms with Gasteiger partial charge in [0.25, 0.3) is 0 Å². The van der Waals surface area contributed by atoms with Gasteiger partial charge in [-0.1, -0.05) is 6.07 Å². The summed E-state index contributed by atoms with van der Waals surface area (Å²) in [5.41, 5.74) is 3.34. The molecule has 0 saturated heterocycles. The predicted molar refractivity (Wildman–Crippen MR) is 77.2 cm³/mol. The van der Waals surface area contributed by atoms with Crippen molar-refractivity contribution in [3.05, 3.63) is 53.1 Å². The van der Waals surface area contributed by atoms with Gasteiger partial charge in [0.05, 0.1) is 12.0 Å². The lowest BCUT2D eigenvalue weighted by Crippen LogP contribution is -1.96. The quantitative estimate of drug-likeness (QED) is 0.739. The molecule has 0 unspecified atom stereocenters. The standard InChI is InChI=1S/C15H12N2O2S/c1-2-14-15(19-10-18-14)5-11(1)6-17-7-13(16-9-17)12-3-4-20-8-12/h1-5,7-9H,6,10H2. The van der Waals surface area contributed by atoms with Crippen LogP contribution in [0.3, 0.4) is 0 Å². The van der Waals surface area contributed by atoms with Crippen molar-refractivity contribution in [1.82, 2.24) is 9.55 Å². The molecular formula is C15H12N2O2S. The molecule has 0 aliphatic carbocycles. The summed E-state index contributed by atoms with van der Waals surface area (Å²) in [7, 11) is 0. The third-order valence-electron chi connectivity index (χ3n) is 3.25. The SMILES string of the molecule is c1cc(-c2cn(Cc3ccc4c(c3)OCO4)cn2)cs1. The molecule has 5 heteroatoms. The Balaban J connectivity index is 1.57. The fraction of sp³-hybridized carbons (Fsp3) is 0.133. The van der Waals surface area contributed by atoms with E-state index in [1.165, 1.54) is 11.1 Å². The number of hydrogen-bond acceptors (Lipinski definition) is 4. The Morgan fingerprint density at radius 2 is 2.15 bits per heavy atom. The van der Waals surface area contributed by atoms with Crippen molar-refractivity contribution in [2.24, 2.45) is 0 Å². The maximum atomic E-state index is 5.40. The van der Waals surface area contributed by atoms with Gasteiger partial charge in [-0.2, -0.15) is 11.3 Å². The second-order valence-corrected chi connectivity index (χ2v) is 5.41. The van der Waals surface area contributed by atoms with Crippen LogP contribution in [0.1, 0.15) is 5.56 Å². The Kier molecular flexibility index (Phi) is 2.70. The highest BCUT2D eigenvalue weighted by atomic mass is 32.1. The Labute approximate surface area is 120 Å². The molecule has 0 bridgehead atoms. The zero-order chi connectivity index (χ0) is 13.4. The van der Waals surface area contributed by atoms with Crippen LogP contribution < -0.4 is 9.47 Å². The van der Waals surface area contributed by atoms with Crippen molar-refractivity contribution >= 4 is 11.3 Å². The molecule has 4 nitrogen and oxygen atoms in total. The molecule has 2 aromatic heterocycles. The lowest BCUT2D eigenvalue weighted by molar-refractivity contribution is 0.174. The van der Waals surface area contributed by atoms with E-state index in [9.17, 15) is 0 Å². The number of thiophene rings is 1. The van der Waals surface area contributed by atoms with Gasteiger partial charge in [0.15, 0.2) is 11.5 Å². The summed E-state index contributed by atoms with van der Waals surface area (Å²) in [5, 5.41) is 4.17. The first-order valence-electron chi connectivity index (χ1n) is 6.31. The molecule has 0 saturated carbocycles. The van der Waals surface area contributed by atoms with Crippen LogP contribution in [-0.4, -0.2) is 16.3 Å². The van der Waals surface area contributed by atoms with Gasteiger partial charge in [0.1, 0.15) is 0 Å². The van der Waals surface area contributed by atoms with E-state index in [1.807, 2.05) is 18.5 Å². The van der Waals surface area contributed by atoms with Gasteiger partial charge in [-0.25, -0.2) is 4.98 Å². The van der Waals surface area contributed by atoms with Gasteiger partial charge in [-0.05, 0) is 29.1 Å². The monoisotopic (exact) mass is 284 g/mol. The third kappa shape index (κ3) is 2.06. The first-order chi connectivity index (χ1) is 9.88. The van der Waals surface area contributed by atoms with Crippen LogP contribution in [0.15, 0.2) is 47.5 Å². The van der Waals surface area contributed by atoms with Gasteiger partial charge < -0.3 is 14.0 Å². The average Bonchev–Trinajstić information content (AvgIpc) is 3.19. The summed E-state index contributed by atoms with van der Waals surface area (Å²) in [6.45, 7) is 1.08. The van der Waals surface area contributed by atoms with Crippen molar-refractivity contribution in [1.29, 1.82) is 0 Å². The summed E-state index contributed by atoms with van der Waals surface area (Å²) in [4.78, 5) is 4.44. The van der Waals surface area contributed by atoms with Crippen LogP contribution in [0.2, 0.25) is 0 Å². The number of ether oxygens (including phenoxy) is 2. The van der Waals surface area contributed by atoms with Crippen molar-refractivity contribution < 1.29 is 9.47 Å². The molecular weight excluding hydrogens is 272 g/mol. The maximum Gasteiger partial charge on any atom is 0.231 e. The molecule has 0 amide bonds. The molecule has 100 valence electrons. The number of aromatic nitrogens is 2. The second-order valence-electron chi connectivity index (χ2n) is 4.63. The summed E-state index contributed by atoms with van der Waals surface area (Å²) < 4.78 is 12.8. The summed E-state index contributed by atoms with van der Waals surface area (Å²) in [6.07, 6.45) is 3.92. The number of imidazole rings is 1. The molecule has 1 aliphatic rings. The first-order valence-corrected chi connectivity index (χ1v) is 7.26. The normalized spacial score (nSPS) is 12.8. The van der Waals surface area contributed by atoms with Gasteiger partial charge >= 0.3 is 0 Å². The molecule has 0 radical (unpaired) electrons. The molecule has 4 rings (SSSR count). The van der Waals surface area contributed by atoms with Crippen molar-refractivity contribution in [2.75, 3.05) is 6.79 Å². The highest BCUT2D eigenvalue weighted by Gasteiger charge is 2.13. The van der Waals surface area contributed by atoms with E-state index in [1.54, 1.807) is 11.3 Å². The van der Waals surface area contributed by atoms with Crippen LogP contribution in [0.4, 0.5) is 0 Å². The summed E-state index contributed by atoms with van der Waals surface area (Å²) >= 11 is 1.68. The highest BCUT2D eigenvalue weighted by molar-refractivity contribution is 7.08. The molecule has 0 atom stereocenters. The van der Waals surface area contributed by atoms with E-state index in [-0.39, 0.29) is 0 Å². The van der Waals surface area contributed by atoms with Crippen molar-refractivity contribution in [3.8, 4) is 22.8 Å². The van der Waals surface area contributed by atoms with E-state index < -0.39 is 0 Å². The molecule has 3 heterocycles. The summed E-state index contributed by atoms with van der Waals surface area (Å²) in [5.74, 6) is 1.64. The Morgan fingerprint density at radius 1 is 1.20 bits per heavy atom. The minimum atomic E-state index is 0.312. The van der Waals surface area contributed by atoms with Gasteiger partial charge in [0.2, 0.25) is 6.79 Å². The van der Waals surface area contributed by atoms with Crippen LogP contribution in [0, 0.1) is 0 Å². The topological polar surface area (TPSA) is 36.3 Å². The van der Waals surface area contributed by atoms with Crippen LogP contribution >= 0.6 is 11.3 Å². The molecule has 0 fully saturated rings. The van der Waals surface area contributed by atoms with E-state index >= 15 is 0 Å². The lowest BCUT2D eigenvalue weighted by atomic mass is 10.2. The molecule has 1 aliphatic heterocycles. The molecule has 0 spiro atoms. The number of benzene rings is 1. The minimum Gasteiger partial charge on any atom is -0.454 e. The number of fused-ring (bicyclic) bond motifs is 1. The van der Waals surface area contributed by atoms with Crippen LogP contribution in [0.25, 0.3) is 11.3 Å². The van der Waals surface area contributed by atoms with E-state index in [2.05, 4.69) is 38.6 Å². The smallest absolute Gasteiger partial charge is 0.231 e.